The van der Waals surface area contributed by atoms with Crippen LogP contribution >= 0.6 is 34.2 Å². The van der Waals surface area contributed by atoms with Gasteiger partial charge in [0.2, 0.25) is 0 Å². The number of fused-ring (bicyclic) bond motifs is 1. The second-order valence-electron chi connectivity index (χ2n) is 8.25. The first kappa shape index (κ1) is 23.2. The number of aliphatic hydroxyl groups is 1. The second-order valence-corrected chi connectivity index (χ2v) is 15.3. The van der Waals surface area contributed by atoms with Crippen LogP contribution in [0, 0.1) is 3.70 Å². The molecule has 8 nitrogen and oxygen atoms in total. The Morgan fingerprint density at radius 1 is 1.38 bits per heavy atom. The smallest absolute Gasteiger partial charge is 0.301 e. The van der Waals surface area contributed by atoms with Gasteiger partial charge in [0.1, 0.15) is 22.6 Å². The van der Waals surface area contributed by atoms with Gasteiger partial charge in [0.25, 0.3) is 0 Å². The van der Waals surface area contributed by atoms with E-state index in [1.165, 1.54) is 0 Å². The van der Waals surface area contributed by atoms with Crippen molar-refractivity contribution in [2.75, 3.05) is 26.9 Å². The number of hydrogen-bond donors (Lipinski definition) is 1. The minimum Gasteiger partial charge on any atom is -0.456 e. The Morgan fingerprint density at radius 3 is 2.83 bits per heavy atom. The van der Waals surface area contributed by atoms with Crippen molar-refractivity contribution in [2.24, 2.45) is 0 Å². The minimum atomic E-state index is -1.19. The number of imidazole rings is 1. The van der Waals surface area contributed by atoms with E-state index in [4.69, 9.17) is 30.5 Å². The molecule has 0 aromatic carbocycles. The van der Waals surface area contributed by atoms with Crippen molar-refractivity contribution in [2.45, 2.75) is 50.7 Å². The van der Waals surface area contributed by atoms with Crippen LogP contribution in [0.2, 0.25) is 30.7 Å². The summed E-state index contributed by atoms with van der Waals surface area (Å²) >= 11 is 8.34. The van der Waals surface area contributed by atoms with Crippen molar-refractivity contribution < 1.29 is 24.1 Å². The molecule has 2 aromatic rings. The van der Waals surface area contributed by atoms with Crippen molar-refractivity contribution in [3.05, 3.63) is 14.8 Å². The van der Waals surface area contributed by atoms with Crippen LogP contribution in [0.5, 0.6) is 6.01 Å². The molecule has 3 heterocycles. The molecule has 162 valence electrons. The molecule has 1 saturated heterocycles. The molecule has 29 heavy (non-hydrogen) atoms. The summed E-state index contributed by atoms with van der Waals surface area (Å²) in [5.74, 6) is 0. The van der Waals surface area contributed by atoms with E-state index in [1.807, 2.05) is 6.07 Å². The van der Waals surface area contributed by atoms with Crippen LogP contribution in [0.1, 0.15) is 0 Å². The SMILES string of the molecule is COC[C@@H]1OC[C@@H](Oc2nc3nc(I)c(Cl)cc3n2COCC[Si](C)(C)C)[C@H]1O. The molecular formula is C18H27ClIN3O5Si. The van der Waals surface area contributed by atoms with Crippen molar-refractivity contribution in [3.63, 3.8) is 0 Å². The van der Waals surface area contributed by atoms with Gasteiger partial charge in [-0.1, -0.05) is 31.2 Å². The van der Waals surface area contributed by atoms with Crippen molar-refractivity contribution in [1.82, 2.24) is 14.5 Å². The number of ether oxygens (including phenoxy) is 4. The molecule has 0 aliphatic carbocycles. The van der Waals surface area contributed by atoms with Crippen LogP contribution < -0.4 is 4.74 Å². The molecule has 1 aliphatic rings. The zero-order valence-corrected chi connectivity index (χ0v) is 20.9. The number of pyridine rings is 1. The minimum absolute atomic E-state index is 0.251. The molecule has 11 heteroatoms. The molecule has 2 aromatic heterocycles. The lowest BCUT2D eigenvalue weighted by Crippen LogP contribution is -2.36. The molecule has 1 fully saturated rings. The maximum atomic E-state index is 10.5. The standard InChI is InChI=1S/C18H27ClIN3O5Si/c1-25-8-13-15(24)14(9-27-13)28-18-22-17-12(7-11(19)16(20)21-17)23(18)10-26-5-6-29(2,3)4/h7,13-15,24H,5-6,8-10H2,1-4H3/t13-,14+,15-/m0/s1. The van der Waals surface area contributed by atoms with Crippen molar-refractivity contribution >= 4 is 53.4 Å². The number of halogens is 2. The summed E-state index contributed by atoms with van der Waals surface area (Å²) in [6.45, 7) is 8.39. The molecule has 1 aliphatic heterocycles. The van der Waals surface area contributed by atoms with Crippen LogP contribution in [0.4, 0.5) is 0 Å². The summed E-state index contributed by atoms with van der Waals surface area (Å²) in [5, 5.41) is 11.0. The number of methoxy groups -OCH3 is 1. The van der Waals surface area contributed by atoms with Crippen LogP contribution in [0.25, 0.3) is 11.2 Å². The molecule has 0 radical (unpaired) electrons. The summed E-state index contributed by atoms with van der Waals surface area (Å²) in [6, 6.07) is 3.19. The van der Waals surface area contributed by atoms with Gasteiger partial charge in [0.15, 0.2) is 11.8 Å². The first-order valence-electron chi connectivity index (χ1n) is 9.45. The molecule has 0 bridgehead atoms. The molecule has 3 rings (SSSR count). The average Bonchev–Trinajstić information content (AvgIpc) is 3.14. The third-order valence-electron chi connectivity index (χ3n) is 4.66. The molecular weight excluding hydrogens is 529 g/mol. The second kappa shape index (κ2) is 9.75. The Hall–Kier alpha value is -0.503. The third-order valence-corrected chi connectivity index (χ3v) is 7.79. The largest absolute Gasteiger partial charge is 0.456 e. The normalized spacial score (nSPS) is 22.5. The zero-order chi connectivity index (χ0) is 21.2. The van der Waals surface area contributed by atoms with Crippen LogP contribution in [0.3, 0.4) is 0 Å². The van der Waals surface area contributed by atoms with Crippen LogP contribution in [0.15, 0.2) is 6.07 Å². The summed E-state index contributed by atoms with van der Waals surface area (Å²) in [6.07, 6.45) is -1.79. The van der Waals surface area contributed by atoms with Gasteiger partial charge in [-0.2, -0.15) is 4.98 Å². The fourth-order valence-corrected chi connectivity index (χ4v) is 4.22. The Morgan fingerprint density at radius 2 is 2.14 bits per heavy atom. The van der Waals surface area contributed by atoms with Gasteiger partial charge in [-0.25, -0.2) is 4.98 Å². The summed E-state index contributed by atoms with van der Waals surface area (Å²) in [4.78, 5) is 8.95. The summed E-state index contributed by atoms with van der Waals surface area (Å²) in [5.41, 5.74) is 1.24. The highest BCUT2D eigenvalue weighted by Crippen LogP contribution is 2.28. The highest BCUT2D eigenvalue weighted by molar-refractivity contribution is 14.1. The van der Waals surface area contributed by atoms with Gasteiger partial charge in [0, 0.05) is 21.8 Å². The maximum absolute atomic E-state index is 10.5. The Balaban J connectivity index is 1.81. The lowest BCUT2D eigenvalue weighted by molar-refractivity contribution is -0.0171. The molecule has 0 spiro atoms. The topological polar surface area (TPSA) is 87.9 Å². The van der Waals surface area contributed by atoms with Gasteiger partial charge < -0.3 is 24.1 Å². The number of hydrogen-bond acceptors (Lipinski definition) is 7. The molecule has 1 N–H and O–H groups in total. The van der Waals surface area contributed by atoms with E-state index < -0.39 is 26.4 Å². The van der Waals surface area contributed by atoms with E-state index in [2.05, 4.69) is 52.2 Å². The van der Waals surface area contributed by atoms with Crippen molar-refractivity contribution in [3.8, 4) is 6.01 Å². The van der Waals surface area contributed by atoms with Crippen LogP contribution in [-0.2, 0) is 20.9 Å². The number of aliphatic hydroxyl groups excluding tert-OH is 1. The lowest BCUT2D eigenvalue weighted by Gasteiger charge is -2.19. The molecule has 0 amide bonds. The van der Waals surface area contributed by atoms with E-state index in [-0.39, 0.29) is 13.3 Å². The highest BCUT2D eigenvalue weighted by atomic mass is 127. The Kier molecular flexibility index (Phi) is 7.79. The Bertz CT molecular complexity index is 847. The zero-order valence-electron chi connectivity index (χ0n) is 17.0. The fourth-order valence-electron chi connectivity index (χ4n) is 2.94. The predicted molar refractivity (Wildman–Crippen MR) is 121 cm³/mol. The summed E-state index contributed by atoms with van der Waals surface area (Å²) in [7, 11) is 0.374. The van der Waals surface area contributed by atoms with Gasteiger partial charge in [-0.05, 0) is 34.7 Å². The summed E-state index contributed by atoms with van der Waals surface area (Å²) < 4.78 is 25.1. The fraction of sp³-hybridized carbons (Fsp3) is 0.667. The average molecular weight is 556 g/mol. The Labute approximate surface area is 190 Å². The van der Waals surface area contributed by atoms with Gasteiger partial charge in [0.05, 0.1) is 23.8 Å². The van der Waals surface area contributed by atoms with E-state index in [1.54, 1.807) is 11.7 Å². The highest BCUT2D eigenvalue weighted by Gasteiger charge is 2.38. The predicted octanol–water partition coefficient (Wildman–Crippen LogP) is 3.16. The van der Waals surface area contributed by atoms with E-state index in [0.717, 1.165) is 11.6 Å². The van der Waals surface area contributed by atoms with E-state index in [0.29, 0.717) is 33.6 Å². The quantitative estimate of drug-likeness (QED) is 0.220. The first-order chi connectivity index (χ1) is 13.7. The monoisotopic (exact) mass is 555 g/mol. The number of rotatable bonds is 9. The van der Waals surface area contributed by atoms with Gasteiger partial charge >= 0.3 is 6.01 Å². The molecule has 0 saturated carbocycles. The van der Waals surface area contributed by atoms with Crippen molar-refractivity contribution in [1.29, 1.82) is 0 Å². The number of nitrogens with zero attached hydrogens (tertiary/aromatic N) is 3. The van der Waals surface area contributed by atoms with E-state index >= 15 is 0 Å². The van der Waals surface area contributed by atoms with Gasteiger partial charge in [-0.3, -0.25) is 4.57 Å². The maximum Gasteiger partial charge on any atom is 0.301 e. The van der Waals surface area contributed by atoms with Crippen LogP contribution in [-0.4, -0.2) is 73.0 Å². The van der Waals surface area contributed by atoms with E-state index in [9.17, 15) is 5.11 Å². The first-order valence-corrected chi connectivity index (χ1v) is 14.6. The van der Waals surface area contributed by atoms with Gasteiger partial charge in [-0.15, -0.1) is 0 Å². The molecule has 3 atom stereocenters. The third kappa shape index (κ3) is 5.80. The lowest BCUT2D eigenvalue weighted by atomic mass is 10.1. The molecule has 0 unspecified atom stereocenters. The number of aromatic nitrogens is 3.